The molecule has 6 heteroatoms. The molecule has 1 aromatic heterocycles. The maximum atomic E-state index is 12.3. The third kappa shape index (κ3) is 3.97. The number of carbonyl (C=O) groups excluding carboxylic acids is 2. The van der Waals surface area contributed by atoms with E-state index in [9.17, 15) is 9.59 Å². The fraction of sp³-hybridized carbons (Fsp3) is 0.150. The van der Waals surface area contributed by atoms with Crippen LogP contribution in [0.2, 0.25) is 0 Å². The van der Waals surface area contributed by atoms with Gasteiger partial charge in [0, 0.05) is 18.3 Å². The first-order valence-corrected chi connectivity index (χ1v) is 8.16. The van der Waals surface area contributed by atoms with Crippen LogP contribution in [0, 0.1) is 13.8 Å². The molecule has 0 aliphatic rings. The summed E-state index contributed by atoms with van der Waals surface area (Å²) in [7, 11) is 0. The molecule has 0 fully saturated rings. The number of rotatable bonds is 4. The van der Waals surface area contributed by atoms with Crippen LogP contribution < -0.4 is 10.1 Å². The molecule has 0 spiro atoms. The van der Waals surface area contributed by atoms with Crippen LogP contribution in [-0.2, 0) is 4.79 Å². The Bertz CT molecular complexity index is 941. The minimum Gasteiger partial charge on any atom is -0.423 e. The monoisotopic (exact) mass is 349 g/mol. The largest absolute Gasteiger partial charge is 0.423 e. The van der Waals surface area contributed by atoms with E-state index in [0.717, 1.165) is 17.1 Å². The van der Waals surface area contributed by atoms with Crippen molar-refractivity contribution in [1.82, 2.24) is 9.78 Å². The first kappa shape index (κ1) is 17.4. The number of aryl methyl sites for hydroxylation is 2. The van der Waals surface area contributed by atoms with Crippen molar-refractivity contribution in [2.45, 2.75) is 20.8 Å². The zero-order chi connectivity index (χ0) is 18.7. The second kappa shape index (κ2) is 7.23. The van der Waals surface area contributed by atoms with E-state index < -0.39 is 5.97 Å². The molecule has 0 aliphatic carbocycles. The van der Waals surface area contributed by atoms with E-state index in [4.69, 9.17) is 4.74 Å². The van der Waals surface area contributed by atoms with Crippen LogP contribution in [0.1, 0.15) is 28.7 Å². The van der Waals surface area contributed by atoms with Crippen LogP contribution in [0.3, 0.4) is 0 Å². The molecule has 0 bridgehead atoms. The lowest BCUT2D eigenvalue weighted by Gasteiger charge is -2.08. The minimum atomic E-state index is -0.447. The van der Waals surface area contributed by atoms with Gasteiger partial charge in [-0.25, -0.2) is 9.48 Å². The SMILES string of the molecule is CC(=O)Nc1ccc(OC(=O)c2ccc(-n3nc(C)cc3C)cc2)cc1. The van der Waals surface area contributed by atoms with E-state index in [1.807, 2.05) is 36.7 Å². The van der Waals surface area contributed by atoms with Gasteiger partial charge in [-0.2, -0.15) is 5.10 Å². The normalized spacial score (nSPS) is 10.4. The Kier molecular flexibility index (Phi) is 4.84. The molecule has 0 saturated carbocycles. The number of carbonyl (C=O) groups is 2. The molecule has 0 saturated heterocycles. The number of hydrogen-bond acceptors (Lipinski definition) is 4. The fourth-order valence-electron chi connectivity index (χ4n) is 2.60. The van der Waals surface area contributed by atoms with Crippen LogP contribution in [0.15, 0.2) is 54.6 Å². The number of amides is 1. The third-order valence-electron chi connectivity index (χ3n) is 3.74. The van der Waals surface area contributed by atoms with Gasteiger partial charge in [-0.05, 0) is 68.4 Å². The van der Waals surface area contributed by atoms with Crippen molar-refractivity contribution < 1.29 is 14.3 Å². The minimum absolute atomic E-state index is 0.155. The van der Waals surface area contributed by atoms with Gasteiger partial charge in [-0.1, -0.05) is 0 Å². The highest BCUT2D eigenvalue weighted by Gasteiger charge is 2.10. The lowest BCUT2D eigenvalue weighted by molar-refractivity contribution is -0.114. The molecule has 3 aromatic rings. The lowest BCUT2D eigenvalue weighted by atomic mass is 10.2. The Hall–Kier alpha value is -3.41. The van der Waals surface area contributed by atoms with Crippen molar-refractivity contribution in [3.05, 3.63) is 71.5 Å². The van der Waals surface area contributed by atoms with Crippen molar-refractivity contribution in [3.63, 3.8) is 0 Å². The average Bonchev–Trinajstić information content (AvgIpc) is 2.94. The van der Waals surface area contributed by atoms with Crippen molar-refractivity contribution in [3.8, 4) is 11.4 Å². The highest BCUT2D eigenvalue weighted by Crippen LogP contribution is 2.18. The summed E-state index contributed by atoms with van der Waals surface area (Å²) in [6, 6.07) is 15.7. The van der Waals surface area contributed by atoms with E-state index in [1.165, 1.54) is 6.92 Å². The predicted molar refractivity (Wildman–Crippen MR) is 98.7 cm³/mol. The van der Waals surface area contributed by atoms with Gasteiger partial charge in [0.2, 0.25) is 5.91 Å². The van der Waals surface area contributed by atoms with Crippen LogP contribution >= 0.6 is 0 Å². The molecular weight excluding hydrogens is 330 g/mol. The molecule has 1 heterocycles. The Labute approximate surface area is 151 Å². The molecule has 132 valence electrons. The molecule has 0 radical (unpaired) electrons. The van der Waals surface area contributed by atoms with Gasteiger partial charge < -0.3 is 10.1 Å². The maximum Gasteiger partial charge on any atom is 0.343 e. The number of nitrogens with zero attached hydrogens (tertiary/aromatic N) is 2. The maximum absolute atomic E-state index is 12.3. The van der Waals surface area contributed by atoms with Gasteiger partial charge >= 0.3 is 5.97 Å². The number of aromatic nitrogens is 2. The lowest BCUT2D eigenvalue weighted by Crippen LogP contribution is -2.09. The average molecular weight is 349 g/mol. The first-order valence-electron chi connectivity index (χ1n) is 8.16. The summed E-state index contributed by atoms with van der Waals surface area (Å²) in [5, 5.41) is 7.08. The molecule has 2 aromatic carbocycles. The van der Waals surface area contributed by atoms with Gasteiger partial charge in [0.15, 0.2) is 0 Å². The van der Waals surface area contributed by atoms with Crippen LogP contribution in [0.25, 0.3) is 5.69 Å². The predicted octanol–water partition coefficient (Wildman–Crippen LogP) is 3.67. The first-order chi connectivity index (χ1) is 12.4. The van der Waals surface area contributed by atoms with E-state index in [1.54, 1.807) is 36.4 Å². The van der Waals surface area contributed by atoms with Crippen molar-refractivity contribution in [1.29, 1.82) is 0 Å². The topological polar surface area (TPSA) is 73.2 Å². The molecule has 3 rings (SSSR count). The Morgan fingerprint density at radius 3 is 2.19 bits per heavy atom. The van der Waals surface area contributed by atoms with Gasteiger partial charge in [-0.3, -0.25) is 4.79 Å². The zero-order valence-corrected chi connectivity index (χ0v) is 14.8. The van der Waals surface area contributed by atoms with E-state index >= 15 is 0 Å². The van der Waals surface area contributed by atoms with Gasteiger partial charge in [0.25, 0.3) is 0 Å². The van der Waals surface area contributed by atoms with E-state index in [2.05, 4.69) is 10.4 Å². The van der Waals surface area contributed by atoms with Gasteiger partial charge in [0.05, 0.1) is 16.9 Å². The fourth-order valence-corrected chi connectivity index (χ4v) is 2.60. The number of nitrogens with one attached hydrogen (secondary N) is 1. The molecule has 6 nitrogen and oxygen atoms in total. The van der Waals surface area contributed by atoms with Crippen LogP contribution in [-0.4, -0.2) is 21.7 Å². The van der Waals surface area contributed by atoms with E-state index in [-0.39, 0.29) is 5.91 Å². The van der Waals surface area contributed by atoms with Gasteiger partial charge in [0.1, 0.15) is 5.75 Å². The number of ether oxygens (including phenoxy) is 1. The Morgan fingerprint density at radius 2 is 1.65 bits per heavy atom. The molecular formula is C20H19N3O3. The zero-order valence-electron chi connectivity index (χ0n) is 14.8. The summed E-state index contributed by atoms with van der Waals surface area (Å²) in [6.45, 7) is 5.35. The Morgan fingerprint density at radius 1 is 1.00 bits per heavy atom. The number of benzene rings is 2. The van der Waals surface area contributed by atoms with E-state index in [0.29, 0.717) is 17.0 Å². The summed E-state index contributed by atoms with van der Waals surface area (Å²) in [6.07, 6.45) is 0. The smallest absolute Gasteiger partial charge is 0.343 e. The number of hydrogen-bond donors (Lipinski definition) is 1. The second-order valence-corrected chi connectivity index (χ2v) is 5.98. The number of esters is 1. The Balaban J connectivity index is 1.70. The van der Waals surface area contributed by atoms with Crippen molar-refractivity contribution >= 4 is 17.6 Å². The molecule has 1 N–H and O–H groups in total. The van der Waals surface area contributed by atoms with Crippen molar-refractivity contribution in [2.75, 3.05) is 5.32 Å². The molecule has 26 heavy (non-hydrogen) atoms. The van der Waals surface area contributed by atoms with Gasteiger partial charge in [-0.15, -0.1) is 0 Å². The van der Waals surface area contributed by atoms with Crippen LogP contribution in [0.4, 0.5) is 5.69 Å². The molecule has 0 aliphatic heterocycles. The second-order valence-electron chi connectivity index (χ2n) is 5.98. The third-order valence-corrected chi connectivity index (χ3v) is 3.74. The highest BCUT2D eigenvalue weighted by atomic mass is 16.5. The summed E-state index contributed by atoms with van der Waals surface area (Å²) in [5.74, 6) is -0.193. The summed E-state index contributed by atoms with van der Waals surface area (Å²) in [5.41, 5.74) is 3.94. The van der Waals surface area contributed by atoms with Crippen LogP contribution in [0.5, 0.6) is 5.75 Å². The molecule has 0 atom stereocenters. The highest BCUT2D eigenvalue weighted by molar-refractivity contribution is 5.91. The summed E-state index contributed by atoms with van der Waals surface area (Å²) >= 11 is 0. The van der Waals surface area contributed by atoms with Crippen molar-refractivity contribution in [2.24, 2.45) is 0 Å². The summed E-state index contributed by atoms with van der Waals surface area (Å²) in [4.78, 5) is 23.3. The molecule has 0 unspecified atom stereocenters. The quantitative estimate of drug-likeness (QED) is 0.576. The number of anilines is 1. The standard InChI is InChI=1S/C20H19N3O3/c1-13-12-14(2)23(22-13)18-8-4-16(5-9-18)20(25)26-19-10-6-17(7-11-19)21-15(3)24/h4-12H,1-3H3,(H,21,24). The molecule has 1 amide bonds. The summed E-state index contributed by atoms with van der Waals surface area (Å²) < 4.78 is 7.18.